The van der Waals surface area contributed by atoms with E-state index >= 15 is 0 Å². The maximum absolute atomic E-state index is 9.40. The summed E-state index contributed by atoms with van der Waals surface area (Å²) in [5, 5.41) is 18.2. The van der Waals surface area contributed by atoms with Gasteiger partial charge in [0.05, 0.1) is 18.2 Å². The van der Waals surface area contributed by atoms with Crippen LogP contribution in [-0.2, 0) is 7.05 Å². The van der Waals surface area contributed by atoms with Crippen molar-refractivity contribution in [3.05, 3.63) is 12.0 Å². The fourth-order valence-corrected chi connectivity index (χ4v) is 3.00. The lowest BCUT2D eigenvalue weighted by Gasteiger charge is -2.16. The molecule has 0 spiro atoms. The molecule has 3 rings (SSSR count). The maximum atomic E-state index is 9.40. The van der Waals surface area contributed by atoms with E-state index in [4.69, 9.17) is 4.98 Å². The molecule has 22 heavy (non-hydrogen) atoms. The number of anilines is 1. The van der Waals surface area contributed by atoms with E-state index < -0.39 is 0 Å². The van der Waals surface area contributed by atoms with Crippen molar-refractivity contribution >= 4 is 16.9 Å². The van der Waals surface area contributed by atoms with Gasteiger partial charge in [0.1, 0.15) is 11.6 Å². The van der Waals surface area contributed by atoms with Crippen LogP contribution in [0.2, 0.25) is 0 Å². The summed E-state index contributed by atoms with van der Waals surface area (Å²) in [7, 11) is 3.94. The molecule has 1 aliphatic rings. The van der Waals surface area contributed by atoms with Crippen molar-refractivity contribution < 1.29 is 5.11 Å². The van der Waals surface area contributed by atoms with E-state index in [1.165, 1.54) is 0 Å². The van der Waals surface area contributed by atoms with Crippen molar-refractivity contribution in [1.82, 2.24) is 24.6 Å². The molecule has 2 N–H and O–H groups in total. The van der Waals surface area contributed by atoms with Gasteiger partial charge in [-0.25, -0.2) is 9.97 Å². The number of aliphatic hydroxyl groups is 1. The van der Waals surface area contributed by atoms with Gasteiger partial charge in [-0.05, 0) is 13.5 Å². The van der Waals surface area contributed by atoms with Crippen molar-refractivity contribution in [1.29, 1.82) is 0 Å². The van der Waals surface area contributed by atoms with Crippen molar-refractivity contribution in [3.8, 4) is 0 Å². The van der Waals surface area contributed by atoms with Gasteiger partial charge >= 0.3 is 0 Å². The van der Waals surface area contributed by atoms with E-state index in [2.05, 4.69) is 34.1 Å². The van der Waals surface area contributed by atoms with Gasteiger partial charge in [-0.1, -0.05) is 13.8 Å². The molecule has 2 atom stereocenters. The molecular weight excluding hydrogens is 280 g/mol. The molecule has 0 amide bonds. The minimum absolute atomic E-state index is 0.192. The minimum atomic E-state index is 0.192. The lowest BCUT2D eigenvalue weighted by Crippen LogP contribution is -2.28. The summed E-state index contributed by atoms with van der Waals surface area (Å²) < 4.78 is 1.78. The summed E-state index contributed by atoms with van der Waals surface area (Å²) in [6.07, 6.45) is 2.72. The zero-order chi connectivity index (χ0) is 15.9. The number of aromatic nitrogens is 4. The SMILES string of the molecule is CC(C)c1nc(N[C@H]2C[C@H](CO)N(C)C2)c2cnn(C)c2n1. The van der Waals surface area contributed by atoms with E-state index in [1.807, 2.05) is 20.3 Å². The second-order valence-electron chi connectivity index (χ2n) is 6.44. The molecule has 1 saturated heterocycles. The second-order valence-corrected chi connectivity index (χ2v) is 6.44. The summed E-state index contributed by atoms with van der Waals surface area (Å²) in [4.78, 5) is 11.5. The highest BCUT2D eigenvalue weighted by atomic mass is 16.3. The lowest BCUT2D eigenvalue weighted by atomic mass is 10.1. The van der Waals surface area contributed by atoms with Gasteiger partial charge < -0.3 is 10.4 Å². The zero-order valence-electron chi connectivity index (χ0n) is 13.6. The first-order valence-corrected chi connectivity index (χ1v) is 7.77. The number of hydrogen-bond acceptors (Lipinski definition) is 6. The summed E-state index contributed by atoms with van der Waals surface area (Å²) in [6, 6.07) is 0.494. The fourth-order valence-electron chi connectivity index (χ4n) is 3.00. The summed E-state index contributed by atoms with van der Waals surface area (Å²) in [5.74, 6) is 1.93. The number of likely N-dealkylation sites (N-methyl/N-ethyl adjacent to an activating group) is 1. The Labute approximate surface area is 130 Å². The molecule has 1 aliphatic heterocycles. The van der Waals surface area contributed by atoms with Crippen molar-refractivity contribution in [2.75, 3.05) is 25.5 Å². The van der Waals surface area contributed by atoms with E-state index in [1.54, 1.807) is 4.68 Å². The third-order valence-electron chi connectivity index (χ3n) is 4.37. The van der Waals surface area contributed by atoms with Gasteiger partial charge in [-0.3, -0.25) is 9.58 Å². The van der Waals surface area contributed by atoms with E-state index in [0.717, 1.165) is 35.6 Å². The molecule has 2 aromatic heterocycles. The smallest absolute Gasteiger partial charge is 0.163 e. The van der Waals surface area contributed by atoms with Crippen LogP contribution in [0.3, 0.4) is 0 Å². The molecule has 0 saturated carbocycles. The molecular formula is C15H24N6O. The molecule has 0 aromatic carbocycles. The number of hydrogen-bond donors (Lipinski definition) is 2. The monoisotopic (exact) mass is 304 g/mol. The van der Waals surface area contributed by atoms with Crippen LogP contribution < -0.4 is 5.32 Å². The standard InChI is InChI=1S/C15H24N6O/c1-9(2)13-18-14(12-6-16-21(4)15(12)19-13)17-10-5-11(8-22)20(3)7-10/h6,9-11,22H,5,7-8H2,1-4H3,(H,17,18,19)/t10-,11+/m0/s1. The maximum Gasteiger partial charge on any atom is 0.163 e. The summed E-state index contributed by atoms with van der Waals surface area (Å²) >= 11 is 0. The van der Waals surface area contributed by atoms with E-state index in [-0.39, 0.29) is 24.6 Å². The molecule has 0 bridgehead atoms. The normalized spacial score (nSPS) is 22.8. The molecule has 0 radical (unpaired) electrons. The number of fused-ring (bicyclic) bond motifs is 1. The Morgan fingerprint density at radius 2 is 2.14 bits per heavy atom. The highest BCUT2D eigenvalue weighted by molar-refractivity contribution is 5.86. The van der Waals surface area contributed by atoms with Crippen LogP contribution in [0.5, 0.6) is 0 Å². The molecule has 1 fully saturated rings. The first-order chi connectivity index (χ1) is 10.5. The highest BCUT2D eigenvalue weighted by Crippen LogP contribution is 2.25. The minimum Gasteiger partial charge on any atom is -0.395 e. The van der Waals surface area contributed by atoms with E-state index in [9.17, 15) is 5.11 Å². The number of aliphatic hydroxyl groups excluding tert-OH is 1. The molecule has 0 aliphatic carbocycles. The Kier molecular flexibility index (Phi) is 4.01. The predicted octanol–water partition coefficient (Wildman–Crippen LogP) is 0.964. The van der Waals surface area contributed by atoms with Crippen molar-refractivity contribution in [2.24, 2.45) is 7.05 Å². The molecule has 7 nitrogen and oxygen atoms in total. The molecule has 0 unspecified atom stereocenters. The zero-order valence-corrected chi connectivity index (χ0v) is 13.6. The average Bonchev–Trinajstić information content (AvgIpc) is 3.02. The molecule has 3 heterocycles. The third-order valence-corrected chi connectivity index (χ3v) is 4.37. The van der Waals surface area contributed by atoms with Gasteiger partial charge in [0, 0.05) is 31.6 Å². The molecule has 2 aromatic rings. The lowest BCUT2D eigenvalue weighted by molar-refractivity contribution is 0.182. The van der Waals surface area contributed by atoms with Crippen LogP contribution >= 0.6 is 0 Å². The Morgan fingerprint density at radius 3 is 2.77 bits per heavy atom. The van der Waals surface area contributed by atoms with Crippen LogP contribution in [0.4, 0.5) is 5.82 Å². The van der Waals surface area contributed by atoms with Gasteiger partial charge in [0.2, 0.25) is 0 Å². The van der Waals surface area contributed by atoms with Crippen molar-refractivity contribution in [2.45, 2.75) is 38.3 Å². The predicted molar refractivity (Wildman–Crippen MR) is 85.9 cm³/mol. The average molecular weight is 304 g/mol. The quantitative estimate of drug-likeness (QED) is 0.876. The Balaban J connectivity index is 1.93. The third kappa shape index (κ3) is 2.66. The number of nitrogens with one attached hydrogen (secondary N) is 1. The van der Waals surface area contributed by atoms with Gasteiger partial charge in [0.25, 0.3) is 0 Å². The van der Waals surface area contributed by atoms with Crippen molar-refractivity contribution in [3.63, 3.8) is 0 Å². The topological polar surface area (TPSA) is 79.1 Å². The largest absolute Gasteiger partial charge is 0.395 e. The fraction of sp³-hybridized carbons (Fsp3) is 0.667. The summed E-state index contributed by atoms with van der Waals surface area (Å²) in [6.45, 7) is 5.27. The van der Waals surface area contributed by atoms with E-state index in [0.29, 0.717) is 0 Å². The van der Waals surface area contributed by atoms with Crippen LogP contribution in [0, 0.1) is 0 Å². The number of nitrogens with zero attached hydrogens (tertiary/aromatic N) is 5. The van der Waals surface area contributed by atoms with Gasteiger partial charge in [-0.15, -0.1) is 0 Å². The first-order valence-electron chi connectivity index (χ1n) is 7.77. The van der Waals surface area contributed by atoms with Crippen LogP contribution in [0.1, 0.15) is 32.0 Å². The van der Waals surface area contributed by atoms with Crippen LogP contribution in [0.25, 0.3) is 11.0 Å². The molecule has 120 valence electrons. The van der Waals surface area contributed by atoms with Crippen LogP contribution in [0.15, 0.2) is 6.20 Å². The Morgan fingerprint density at radius 1 is 1.36 bits per heavy atom. The van der Waals surface area contributed by atoms with Crippen LogP contribution in [-0.4, -0.2) is 62.0 Å². The molecule has 7 heteroatoms. The Hall–Kier alpha value is -1.73. The van der Waals surface area contributed by atoms with Gasteiger partial charge in [0.15, 0.2) is 5.65 Å². The summed E-state index contributed by atoms with van der Waals surface area (Å²) in [5.41, 5.74) is 0.853. The second kappa shape index (κ2) is 5.81. The first kappa shape index (κ1) is 15.2. The number of likely N-dealkylation sites (tertiary alicyclic amines) is 1. The number of rotatable bonds is 4. The Bertz CT molecular complexity index is 667. The highest BCUT2D eigenvalue weighted by Gasteiger charge is 2.29. The van der Waals surface area contributed by atoms with Gasteiger partial charge in [-0.2, -0.15) is 5.10 Å². The number of aryl methyl sites for hydroxylation is 1.